The Kier molecular flexibility index (Phi) is 5.90. The average molecular weight is 421 g/mol. The monoisotopic (exact) mass is 420 g/mol. The fourth-order valence-corrected chi connectivity index (χ4v) is 3.85. The third-order valence-corrected chi connectivity index (χ3v) is 5.85. The van der Waals surface area contributed by atoms with Crippen LogP contribution in [-0.4, -0.2) is 32.5 Å². The number of nitrogens with zero attached hydrogens (tertiary/aromatic N) is 3. The van der Waals surface area contributed by atoms with Crippen LogP contribution >= 0.6 is 11.8 Å². The Morgan fingerprint density at radius 3 is 2.67 bits per heavy atom. The molecular weight excluding hydrogens is 396 g/mol. The SMILES string of the molecule is CC[C@H](C)NC(=O)CSc1nnc(-c2cc3ccccc3o2)n1-c1ccc(C)cc1. The minimum Gasteiger partial charge on any atom is -0.453 e. The summed E-state index contributed by atoms with van der Waals surface area (Å²) in [5, 5.41) is 13.4. The van der Waals surface area contributed by atoms with Crippen LogP contribution in [-0.2, 0) is 4.79 Å². The molecule has 30 heavy (non-hydrogen) atoms. The van der Waals surface area contributed by atoms with Gasteiger partial charge in [-0.1, -0.05) is 54.6 Å². The molecule has 0 saturated heterocycles. The van der Waals surface area contributed by atoms with Crippen molar-refractivity contribution >= 4 is 28.6 Å². The van der Waals surface area contributed by atoms with Gasteiger partial charge in [0.2, 0.25) is 11.7 Å². The highest BCUT2D eigenvalue weighted by atomic mass is 32.2. The Hall–Kier alpha value is -3.06. The summed E-state index contributed by atoms with van der Waals surface area (Å²) in [4.78, 5) is 12.3. The van der Waals surface area contributed by atoms with Crippen molar-refractivity contribution in [3.63, 3.8) is 0 Å². The van der Waals surface area contributed by atoms with Crippen molar-refractivity contribution in [3.05, 3.63) is 60.2 Å². The molecule has 0 fully saturated rings. The highest BCUT2D eigenvalue weighted by Crippen LogP contribution is 2.31. The van der Waals surface area contributed by atoms with E-state index in [2.05, 4.69) is 15.5 Å². The number of hydrogen-bond acceptors (Lipinski definition) is 5. The third-order valence-electron chi connectivity index (χ3n) is 4.92. The summed E-state index contributed by atoms with van der Waals surface area (Å²) in [5.41, 5.74) is 2.89. The number of carbonyl (C=O) groups is 1. The van der Waals surface area contributed by atoms with Crippen LogP contribution in [0.15, 0.2) is 64.2 Å². The maximum atomic E-state index is 12.3. The lowest BCUT2D eigenvalue weighted by Crippen LogP contribution is -2.33. The molecule has 4 aromatic rings. The Bertz CT molecular complexity index is 1130. The number of furan rings is 1. The second kappa shape index (κ2) is 8.75. The zero-order valence-corrected chi connectivity index (χ0v) is 18.1. The van der Waals surface area contributed by atoms with Gasteiger partial charge in [0, 0.05) is 17.1 Å². The van der Waals surface area contributed by atoms with Crippen LogP contribution < -0.4 is 5.32 Å². The number of carbonyl (C=O) groups excluding carboxylic acids is 1. The van der Waals surface area contributed by atoms with Gasteiger partial charge in [-0.3, -0.25) is 9.36 Å². The molecule has 0 bridgehead atoms. The van der Waals surface area contributed by atoms with E-state index in [-0.39, 0.29) is 17.7 Å². The van der Waals surface area contributed by atoms with E-state index < -0.39 is 0 Å². The van der Waals surface area contributed by atoms with Gasteiger partial charge in [-0.25, -0.2) is 0 Å². The van der Waals surface area contributed by atoms with E-state index in [1.54, 1.807) is 0 Å². The van der Waals surface area contributed by atoms with Gasteiger partial charge in [0.05, 0.1) is 5.75 Å². The predicted molar refractivity (Wildman–Crippen MR) is 120 cm³/mol. The van der Waals surface area contributed by atoms with Crippen LogP contribution in [0, 0.1) is 6.92 Å². The topological polar surface area (TPSA) is 73.0 Å². The molecule has 0 spiro atoms. The fraction of sp³-hybridized carbons (Fsp3) is 0.261. The molecule has 0 radical (unpaired) electrons. The van der Waals surface area contributed by atoms with Crippen molar-refractivity contribution in [2.75, 3.05) is 5.75 Å². The van der Waals surface area contributed by atoms with E-state index in [1.807, 2.05) is 79.9 Å². The number of hydrogen-bond donors (Lipinski definition) is 1. The van der Waals surface area contributed by atoms with Crippen molar-refractivity contribution in [2.45, 2.75) is 38.4 Å². The molecule has 2 aromatic carbocycles. The lowest BCUT2D eigenvalue weighted by atomic mass is 10.2. The molecule has 0 unspecified atom stereocenters. The van der Waals surface area contributed by atoms with Gasteiger partial charge in [-0.15, -0.1) is 10.2 Å². The quantitative estimate of drug-likeness (QED) is 0.426. The largest absolute Gasteiger partial charge is 0.453 e. The first-order valence-corrected chi connectivity index (χ1v) is 11.0. The standard InChI is InChI=1S/C23H24N4O2S/c1-4-16(3)24-21(28)14-30-23-26-25-22(27(23)18-11-9-15(2)10-12-18)20-13-17-7-5-6-8-19(17)29-20/h5-13,16H,4,14H2,1-3H3,(H,24,28)/t16-/m0/s1. The smallest absolute Gasteiger partial charge is 0.230 e. The molecule has 2 heterocycles. The first kappa shape index (κ1) is 20.2. The molecule has 0 aliphatic rings. The van der Waals surface area contributed by atoms with E-state index in [4.69, 9.17) is 4.42 Å². The summed E-state index contributed by atoms with van der Waals surface area (Å²) in [6.07, 6.45) is 0.895. The van der Waals surface area contributed by atoms with E-state index in [0.29, 0.717) is 16.7 Å². The summed E-state index contributed by atoms with van der Waals surface area (Å²) < 4.78 is 7.98. The highest BCUT2D eigenvalue weighted by Gasteiger charge is 2.20. The third kappa shape index (κ3) is 4.26. The number of para-hydroxylation sites is 1. The van der Waals surface area contributed by atoms with Crippen molar-refractivity contribution in [1.82, 2.24) is 20.1 Å². The van der Waals surface area contributed by atoms with E-state index in [1.165, 1.54) is 17.3 Å². The predicted octanol–water partition coefficient (Wildman–Crippen LogP) is 5.00. The molecule has 4 rings (SSSR count). The second-order valence-corrected chi connectivity index (χ2v) is 8.23. The molecule has 0 aliphatic heterocycles. The Labute approximate surface area is 179 Å². The fourth-order valence-electron chi connectivity index (χ4n) is 3.09. The van der Waals surface area contributed by atoms with Crippen LogP contribution in [0.25, 0.3) is 28.2 Å². The van der Waals surface area contributed by atoms with Crippen molar-refractivity contribution in [3.8, 4) is 17.3 Å². The lowest BCUT2D eigenvalue weighted by molar-refractivity contribution is -0.119. The van der Waals surface area contributed by atoms with Crippen LogP contribution in [0.2, 0.25) is 0 Å². The van der Waals surface area contributed by atoms with Gasteiger partial charge in [0.1, 0.15) is 5.58 Å². The van der Waals surface area contributed by atoms with Crippen molar-refractivity contribution in [1.29, 1.82) is 0 Å². The summed E-state index contributed by atoms with van der Waals surface area (Å²) in [5.74, 6) is 1.51. The summed E-state index contributed by atoms with van der Waals surface area (Å²) in [6, 6.07) is 18.1. The number of aromatic nitrogens is 3. The maximum absolute atomic E-state index is 12.3. The zero-order valence-electron chi connectivity index (χ0n) is 17.3. The van der Waals surface area contributed by atoms with Gasteiger partial charge in [0.25, 0.3) is 0 Å². The molecule has 1 N–H and O–H groups in total. The molecule has 1 amide bonds. The number of rotatable bonds is 7. The van der Waals surface area contributed by atoms with Gasteiger partial charge in [0.15, 0.2) is 10.9 Å². The van der Waals surface area contributed by atoms with Gasteiger partial charge >= 0.3 is 0 Å². The van der Waals surface area contributed by atoms with E-state index >= 15 is 0 Å². The molecule has 154 valence electrons. The van der Waals surface area contributed by atoms with Gasteiger partial charge < -0.3 is 9.73 Å². The van der Waals surface area contributed by atoms with Crippen LogP contribution in [0.4, 0.5) is 0 Å². The average Bonchev–Trinajstić information content (AvgIpc) is 3.36. The Morgan fingerprint density at radius 2 is 1.93 bits per heavy atom. The molecule has 7 heteroatoms. The lowest BCUT2D eigenvalue weighted by Gasteiger charge is -2.12. The maximum Gasteiger partial charge on any atom is 0.230 e. The van der Waals surface area contributed by atoms with Crippen molar-refractivity contribution in [2.24, 2.45) is 0 Å². The minimum absolute atomic E-state index is 0.0157. The number of aryl methyl sites for hydroxylation is 1. The molecular formula is C23H24N4O2S. The van der Waals surface area contributed by atoms with Crippen molar-refractivity contribution < 1.29 is 9.21 Å². The first-order chi connectivity index (χ1) is 14.5. The molecule has 0 aliphatic carbocycles. The first-order valence-electron chi connectivity index (χ1n) is 9.98. The number of amides is 1. The summed E-state index contributed by atoms with van der Waals surface area (Å²) in [6.45, 7) is 6.09. The van der Waals surface area contributed by atoms with Crippen LogP contribution in [0.5, 0.6) is 0 Å². The molecule has 6 nitrogen and oxygen atoms in total. The Morgan fingerprint density at radius 1 is 1.17 bits per heavy atom. The molecule has 0 saturated carbocycles. The molecule has 2 aromatic heterocycles. The number of benzene rings is 2. The number of thioether (sulfide) groups is 1. The number of nitrogens with one attached hydrogen (secondary N) is 1. The highest BCUT2D eigenvalue weighted by molar-refractivity contribution is 7.99. The van der Waals surface area contributed by atoms with Gasteiger partial charge in [-0.2, -0.15) is 0 Å². The minimum atomic E-state index is -0.0157. The zero-order chi connectivity index (χ0) is 21.1. The normalized spacial score (nSPS) is 12.2. The second-order valence-electron chi connectivity index (χ2n) is 7.29. The molecule has 1 atom stereocenters. The summed E-state index contributed by atoms with van der Waals surface area (Å²) >= 11 is 1.36. The van der Waals surface area contributed by atoms with E-state index in [9.17, 15) is 4.79 Å². The summed E-state index contributed by atoms with van der Waals surface area (Å²) in [7, 11) is 0. The Balaban J connectivity index is 1.70. The van der Waals surface area contributed by atoms with E-state index in [0.717, 1.165) is 23.1 Å². The van der Waals surface area contributed by atoms with Gasteiger partial charge in [-0.05, 0) is 44.5 Å². The number of fused-ring (bicyclic) bond motifs is 1. The van der Waals surface area contributed by atoms with Crippen LogP contribution in [0.1, 0.15) is 25.8 Å². The van der Waals surface area contributed by atoms with Crippen LogP contribution in [0.3, 0.4) is 0 Å².